The molecule has 0 fully saturated rings. The number of aryl methyl sites for hydroxylation is 2. The maximum atomic E-state index is 12.2. The molecule has 0 radical (unpaired) electrons. The van der Waals surface area contributed by atoms with Crippen molar-refractivity contribution in [3.05, 3.63) is 44.4 Å². The van der Waals surface area contributed by atoms with Crippen molar-refractivity contribution in [3.8, 4) is 0 Å². The van der Waals surface area contributed by atoms with Crippen LogP contribution in [-0.4, -0.2) is 10.9 Å². The van der Waals surface area contributed by atoms with Crippen molar-refractivity contribution in [2.75, 3.05) is 5.73 Å². The number of carbonyl (C=O) groups is 1. The van der Waals surface area contributed by atoms with E-state index in [1.54, 1.807) is 29.5 Å². The molecule has 0 aliphatic heterocycles. The van der Waals surface area contributed by atoms with Gasteiger partial charge in [0.25, 0.3) is 5.91 Å². The zero-order valence-corrected chi connectivity index (χ0v) is 13.1. The lowest BCUT2D eigenvalue weighted by Crippen LogP contribution is -2.26. The van der Waals surface area contributed by atoms with Crippen molar-refractivity contribution in [2.24, 2.45) is 0 Å². The van der Waals surface area contributed by atoms with Crippen LogP contribution in [0, 0.1) is 13.8 Å². The van der Waals surface area contributed by atoms with Gasteiger partial charge in [-0.2, -0.15) is 0 Å². The number of thiazole rings is 1. The second kappa shape index (κ2) is 5.81. The van der Waals surface area contributed by atoms with Gasteiger partial charge in [0.05, 0.1) is 27.5 Å². The number of nitrogens with one attached hydrogen (secondary N) is 1. The van der Waals surface area contributed by atoms with E-state index in [0.717, 1.165) is 15.6 Å². The van der Waals surface area contributed by atoms with E-state index in [4.69, 9.17) is 17.3 Å². The summed E-state index contributed by atoms with van der Waals surface area (Å²) in [5.74, 6) is -0.176. The number of benzene rings is 1. The fourth-order valence-corrected chi connectivity index (χ4v) is 3.07. The molecule has 0 aliphatic carbocycles. The quantitative estimate of drug-likeness (QED) is 0.853. The molecule has 0 spiro atoms. The highest BCUT2D eigenvalue weighted by Gasteiger charge is 2.16. The minimum absolute atomic E-state index is 0.0926. The maximum absolute atomic E-state index is 12.2. The van der Waals surface area contributed by atoms with E-state index in [1.165, 1.54) is 0 Å². The number of carbonyl (C=O) groups excluding carboxylic acids is 1. The van der Waals surface area contributed by atoms with E-state index in [-0.39, 0.29) is 11.9 Å². The molecule has 20 heavy (non-hydrogen) atoms. The Labute approximate surface area is 127 Å². The molecular weight excluding hydrogens is 294 g/mol. The molecule has 3 N–H and O–H groups in total. The summed E-state index contributed by atoms with van der Waals surface area (Å²) in [7, 11) is 0. The summed E-state index contributed by atoms with van der Waals surface area (Å²) < 4.78 is 0. The molecule has 1 heterocycles. The number of anilines is 1. The monoisotopic (exact) mass is 309 g/mol. The first-order valence-electron chi connectivity index (χ1n) is 6.18. The molecule has 0 saturated carbocycles. The molecule has 1 unspecified atom stereocenters. The SMILES string of the molecule is Cc1nc(C)c(C(C)NC(=O)c2ccc(N)c(Cl)c2)s1. The number of aromatic nitrogens is 1. The number of hydrogen-bond donors (Lipinski definition) is 2. The average Bonchev–Trinajstić information content (AvgIpc) is 2.71. The summed E-state index contributed by atoms with van der Waals surface area (Å²) in [6.07, 6.45) is 0. The topological polar surface area (TPSA) is 68.0 Å². The predicted octanol–water partition coefficient (Wildman–Crippen LogP) is 3.49. The Morgan fingerprint density at radius 3 is 2.70 bits per heavy atom. The Morgan fingerprint density at radius 2 is 2.15 bits per heavy atom. The van der Waals surface area contributed by atoms with Crippen molar-refractivity contribution < 1.29 is 4.79 Å². The lowest BCUT2D eigenvalue weighted by Gasteiger charge is -2.13. The molecule has 4 nitrogen and oxygen atoms in total. The lowest BCUT2D eigenvalue weighted by atomic mass is 10.1. The minimum atomic E-state index is -0.176. The van der Waals surface area contributed by atoms with Gasteiger partial charge in [-0.15, -0.1) is 11.3 Å². The molecule has 6 heteroatoms. The molecule has 1 aromatic heterocycles. The van der Waals surface area contributed by atoms with Crippen LogP contribution in [0.15, 0.2) is 18.2 Å². The summed E-state index contributed by atoms with van der Waals surface area (Å²) in [5, 5.41) is 4.32. The van der Waals surface area contributed by atoms with Crippen LogP contribution in [0.2, 0.25) is 5.02 Å². The zero-order chi connectivity index (χ0) is 14.9. The third-order valence-corrected chi connectivity index (χ3v) is 4.53. The Balaban J connectivity index is 2.15. The van der Waals surface area contributed by atoms with Gasteiger partial charge in [0.1, 0.15) is 0 Å². The van der Waals surface area contributed by atoms with Gasteiger partial charge in [-0.1, -0.05) is 11.6 Å². The van der Waals surface area contributed by atoms with Crippen LogP contribution in [0.5, 0.6) is 0 Å². The van der Waals surface area contributed by atoms with Gasteiger partial charge in [-0.25, -0.2) is 4.98 Å². The van der Waals surface area contributed by atoms with Crippen molar-refractivity contribution in [1.82, 2.24) is 10.3 Å². The van der Waals surface area contributed by atoms with Crippen LogP contribution in [0.1, 0.15) is 38.9 Å². The fraction of sp³-hybridized carbons (Fsp3) is 0.286. The highest BCUT2D eigenvalue weighted by molar-refractivity contribution is 7.11. The van der Waals surface area contributed by atoms with Gasteiger partial charge in [0.15, 0.2) is 0 Å². The van der Waals surface area contributed by atoms with Gasteiger partial charge in [0, 0.05) is 10.4 Å². The first-order valence-corrected chi connectivity index (χ1v) is 7.37. The van der Waals surface area contributed by atoms with Crippen molar-refractivity contribution >= 4 is 34.5 Å². The van der Waals surface area contributed by atoms with Crippen molar-refractivity contribution in [2.45, 2.75) is 26.8 Å². The first kappa shape index (κ1) is 14.8. The lowest BCUT2D eigenvalue weighted by molar-refractivity contribution is 0.0940. The van der Waals surface area contributed by atoms with Gasteiger partial charge >= 0.3 is 0 Å². The first-order chi connectivity index (χ1) is 9.38. The summed E-state index contributed by atoms with van der Waals surface area (Å²) in [4.78, 5) is 17.6. The molecule has 0 bridgehead atoms. The van der Waals surface area contributed by atoms with Gasteiger partial charge in [0.2, 0.25) is 0 Å². The van der Waals surface area contributed by atoms with E-state index in [0.29, 0.717) is 16.3 Å². The molecule has 2 rings (SSSR count). The normalized spacial score (nSPS) is 12.2. The third kappa shape index (κ3) is 3.11. The highest BCUT2D eigenvalue weighted by atomic mass is 35.5. The van der Waals surface area contributed by atoms with Crippen molar-refractivity contribution in [1.29, 1.82) is 0 Å². The number of rotatable bonds is 3. The van der Waals surface area contributed by atoms with Crippen LogP contribution in [0.4, 0.5) is 5.69 Å². The Bertz CT molecular complexity index is 654. The number of amides is 1. The molecule has 106 valence electrons. The Morgan fingerprint density at radius 1 is 1.45 bits per heavy atom. The summed E-state index contributed by atoms with van der Waals surface area (Å²) in [5.41, 5.74) is 7.55. The molecule has 1 aromatic carbocycles. The molecular formula is C14H16ClN3OS. The van der Waals surface area contributed by atoms with E-state index in [2.05, 4.69) is 10.3 Å². The third-order valence-electron chi connectivity index (χ3n) is 2.94. The second-order valence-corrected chi connectivity index (χ2v) is 6.26. The van der Waals surface area contributed by atoms with E-state index >= 15 is 0 Å². The van der Waals surface area contributed by atoms with E-state index < -0.39 is 0 Å². The highest BCUT2D eigenvalue weighted by Crippen LogP contribution is 2.25. The average molecular weight is 310 g/mol. The van der Waals surface area contributed by atoms with Crippen LogP contribution >= 0.6 is 22.9 Å². The second-order valence-electron chi connectivity index (χ2n) is 4.61. The Kier molecular flexibility index (Phi) is 4.30. The molecule has 0 aliphatic rings. The molecule has 0 saturated heterocycles. The van der Waals surface area contributed by atoms with Crippen LogP contribution in [0.25, 0.3) is 0 Å². The molecule has 1 amide bonds. The van der Waals surface area contributed by atoms with Crippen LogP contribution in [0.3, 0.4) is 0 Å². The fourth-order valence-electron chi connectivity index (χ4n) is 1.96. The van der Waals surface area contributed by atoms with E-state index in [1.807, 2.05) is 20.8 Å². The Hall–Kier alpha value is -1.59. The maximum Gasteiger partial charge on any atom is 0.251 e. The van der Waals surface area contributed by atoms with E-state index in [9.17, 15) is 4.79 Å². The largest absolute Gasteiger partial charge is 0.398 e. The van der Waals surface area contributed by atoms with Gasteiger partial charge in [-0.3, -0.25) is 4.79 Å². The molecule has 2 aromatic rings. The van der Waals surface area contributed by atoms with Crippen LogP contribution < -0.4 is 11.1 Å². The van der Waals surface area contributed by atoms with Gasteiger partial charge in [-0.05, 0) is 39.0 Å². The van der Waals surface area contributed by atoms with Crippen LogP contribution in [-0.2, 0) is 0 Å². The number of nitrogens with two attached hydrogens (primary N) is 1. The summed E-state index contributed by atoms with van der Waals surface area (Å²) >= 11 is 7.52. The standard InChI is InChI=1S/C14H16ClN3OS/c1-7-13(20-9(3)17-7)8(2)18-14(19)10-4-5-12(16)11(15)6-10/h4-6,8H,16H2,1-3H3,(H,18,19). The molecule has 1 atom stereocenters. The number of hydrogen-bond acceptors (Lipinski definition) is 4. The number of nitrogen functional groups attached to an aromatic ring is 1. The van der Waals surface area contributed by atoms with Crippen molar-refractivity contribution in [3.63, 3.8) is 0 Å². The minimum Gasteiger partial charge on any atom is -0.398 e. The van der Waals surface area contributed by atoms with Gasteiger partial charge < -0.3 is 11.1 Å². The smallest absolute Gasteiger partial charge is 0.251 e. The number of nitrogens with zero attached hydrogens (tertiary/aromatic N) is 1. The predicted molar refractivity (Wildman–Crippen MR) is 83.3 cm³/mol. The summed E-state index contributed by atoms with van der Waals surface area (Å²) in [6, 6.07) is 4.77. The summed E-state index contributed by atoms with van der Waals surface area (Å²) in [6.45, 7) is 5.84. The zero-order valence-electron chi connectivity index (χ0n) is 11.5. The number of halogens is 1.